The number of nitrogens with one attached hydrogen (secondary N) is 1. The molecule has 2 aliphatic rings. The van der Waals surface area contributed by atoms with Crippen LogP contribution in [0, 0.1) is 16.0 Å². The number of hydrogen-bond acceptors (Lipinski definition) is 7. The first-order chi connectivity index (χ1) is 16.0. The van der Waals surface area contributed by atoms with Gasteiger partial charge in [-0.15, -0.1) is 0 Å². The van der Waals surface area contributed by atoms with Gasteiger partial charge in [0.2, 0.25) is 11.2 Å². The summed E-state index contributed by atoms with van der Waals surface area (Å²) in [6.07, 6.45) is -3.48. The van der Waals surface area contributed by atoms with E-state index in [1.807, 2.05) is 0 Å². The minimum absolute atomic E-state index is 0.0232. The lowest BCUT2D eigenvalue weighted by atomic mass is 9.99. The van der Waals surface area contributed by atoms with Crippen molar-refractivity contribution in [3.05, 3.63) is 56.0 Å². The molecule has 0 spiro atoms. The molecule has 1 N–H and O–H groups in total. The zero-order chi connectivity index (χ0) is 24.6. The monoisotopic (exact) mass is 499 g/mol. The molecule has 3 heterocycles. The molecule has 1 aromatic carbocycles. The molecule has 0 saturated carbocycles. The Bertz CT molecular complexity index is 1120. The number of nitro benzene ring substituents is 1. The number of anilines is 1. The summed E-state index contributed by atoms with van der Waals surface area (Å²) in [4.78, 5) is 33.3. The van der Waals surface area contributed by atoms with Crippen molar-refractivity contribution < 1.29 is 27.6 Å². The first-order valence-corrected chi connectivity index (χ1v) is 11.0. The summed E-state index contributed by atoms with van der Waals surface area (Å²) in [7, 11) is 0. The van der Waals surface area contributed by atoms with E-state index in [1.165, 1.54) is 0 Å². The number of carbonyl (C=O) groups is 1. The molecular weight excluding hydrogens is 479 g/mol. The van der Waals surface area contributed by atoms with Crippen LogP contribution in [0.2, 0.25) is 5.28 Å². The quantitative estimate of drug-likeness (QED) is 0.366. The molecule has 1 amide bonds. The SMILES string of the molecule is C[C@@H](Nc1nc(Cl)nc2c1CN(C(=O)C1CCOCC1)C2)c1cc([N+](=O)[O-])cc(C(F)(F)F)c1. The average molecular weight is 500 g/mol. The molecule has 182 valence electrons. The van der Waals surface area contributed by atoms with Gasteiger partial charge in [-0.25, -0.2) is 9.97 Å². The van der Waals surface area contributed by atoms with Crippen LogP contribution in [-0.4, -0.2) is 38.9 Å². The van der Waals surface area contributed by atoms with Gasteiger partial charge in [-0.2, -0.15) is 13.2 Å². The number of carbonyl (C=O) groups excluding carboxylic acids is 1. The van der Waals surface area contributed by atoms with Gasteiger partial charge < -0.3 is 15.0 Å². The maximum atomic E-state index is 13.3. The van der Waals surface area contributed by atoms with Crippen LogP contribution in [0.3, 0.4) is 0 Å². The van der Waals surface area contributed by atoms with Crippen molar-refractivity contribution in [3.63, 3.8) is 0 Å². The summed E-state index contributed by atoms with van der Waals surface area (Å²) in [6, 6.07) is 1.65. The van der Waals surface area contributed by atoms with Crippen LogP contribution in [0.5, 0.6) is 0 Å². The number of fused-ring (bicyclic) bond motifs is 1. The van der Waals surface area contributed by atoms with E-state index < -0.39 is 28.4 Å². The largest absolute Gasteiger partial charge is 0.416 e. The number of amides is 1. The third-order valence-electron chi connectivity index (χ3n) is 5.97. The van der Waals surface area contributed by atoms with E-state index in [1.54, 1.807) is 11.8 Å². The minimum Gasteiger partial charge on any atom is -0.381 e. The number of non-ortho nitro benzene ring substituents is 1. The molecule has 1 saturated heterocycles. The lowest BCUT2D eigenvalue weighted by Crippen LogP contribution is -2.35. The number of nitro groups is 1. The Hall–Kier alpha value is -2.99. The van der Waals surface area contributed by atoms with Gasteiger partial charge in [0.25, 0.3) is 5.69 Å². The lowest BCUT2D eigenvalue weighted by molar-refractivity contribution is -0.385. The molecule has 9 nitrogen and oxygen atoms in total. The number of alkyl halides is 3. The molecule has 34 heavy (non-hydrogen) atoms. The molecule has 0 radical (unpaired) electrons. The van der Waals surface area contributed by atoms with Crippen molar-refractivity contribution in [2.75, 3.05) is 18.5 Å². The summed E-state index contributed by atoms with van der Waals surface area (Å²) in [5.74, 6) is 0.0993. The van der Waals surface area contributed by atoms with Gasteiger partial charge in [0, 0.05) is 36.8 Å². The lowest BCUT2D eigenvalue weighted by Gasteiger charge is -2.26. The predicted molar refractivity (Wildman–Crippen MR) is 115 cm³/mol. The van der Waals surface area contributed by atoms with Crippen molar-refractivity contribution in [2.24, 2.45) is 5.92 Å². The maximum absolute atomic E-state index is 13.3. The highest BCUT2D eigenvalue weighted by Crippen LogP contribution is 2.36. The van der Waals surface area contributed by atoms with Crippen LogP contribution in [0.15, 0.2) is 18.2 Å². The second kappa shape index (κ2) is 9.34. The Morgan fingerprint density at radius 3 is 2.62 bits per heavy atom. The van der Waals surface area contributed by atoms with Gasteiger partial charge in [0.15, 0.2) is 0 Å². The summed E-state index contributed by atoms with van der Waals surface area (Å²) >= 11 is 6.07. The molecule has 2 aliphatic heterocycles. The second-order valence-electron chi connectivity index (χ2n) is 8.28. The number of ether oxygens (including phenoxy) is 1. The fraction of sp³-hybridized carbons (Fsp3) is 0.476. The average Bonchev–Trinajstić information content (AvgIpc) is 3.22. The molecule has 1 aromatic heterocycles. The number of hydrogen-bond donors (Lipinski definition) is 1. The van der Waals surface area contributed by atoms with Gasteiger partial charge in [-0.05, 0) is 43.0 Å². The number of rotatable bonds is 5. The van der Waals surface area contributed by atoms with Crippen molar-refractivity contribution in [1.29, 1.82) is 0 Å². The third kappa shape index (κ3) is 5.07. The molecular formula is C21H21ClF3N5O4. The molecule has 0 bridgehead atoms. The topological polar surface area (TPSA) is 110 Å². The maximum Gasteiger partial charge on any atom is 0.416 e. The Morgan fingerprint density at radius 1 is 1.26 bits per heavy atom. The van der Waals surface area contributed by atoms with E-state index in [0.717, 1.165) is 12.1 Å². The van der Waals surface area contributed by atoms with Crippen molar-refractivity contribution in [3.8, 4) is 0 Å². The molecule has 4 rings (SSSR count). The van der Waals surface area contributed by atoms with Crippen LogP contribution in [-0.2, 0) is 28.8 Å². The number of aromatic nitrogens is 2. The molecule has 0 aliphatic carbocycles. The van der Waals surface area contributed by atoms with Gasteiger partial charge in [0.05, 0.1) is 35.3 Å². The number of halogens is 4. The van der Waals surface area contributed by atoms with E-state index in [-0.39, 0.29) is 41.6 Å². The van der Waals surface area contributed by atoms with E-state index in [9.17, 15) is 28.1 Å². The van der Waals surface area contributed by atoms with Crippen molar-refractivity contribution in [2.45, 2.75) is 45.1 Å². The standard InChI is InChI=1S/C21H21ClF3N5O4/c1-11(13-6-14(21(23,24)25)8-15(7-13)30(32)33)26-18-16-9-29(10-17(16)27-20(22)28-18)19(31)12-2-4-34-5-3-12/h6-8,11-12H,2-5,9-10H2,1H3,(H,26,27,28)/t11-/m1/s1. The smallest absolute Gasteiger partial charge is 0.381 e. The highest BCUT2D eigenvalue weighted by atomic mass is 35.5. The van der Waals surface area contributed by atoms with Gasteiger partial charge in [-0.3, -0.25) is 14.9 Å². The third-order valence-corrected chi connectivity index (χ3v) is 6.14. The van der Waals surface area contributed by atoms with Crippen molar-refractivity contribution >= 4 is 29.0 Å². The van der Waals surface area contributed by atoms with E-state index in [0.29, 0.717) is 43.4 Å². The molecule has 1 atom stereocenters. The predicted octanol–water partition coefficient (Wildman–Crippen LogP) is 4.50. The fourth-order valence-electron chi connectivity index (χ4n) is 4.14. The zero-order valence-electron chi connectivity index (χ0n) is 18.1. The van der Waals surface area contributed by atoms with E-state index >= 15 is 0 Å². The highest BCUT2D eigenvalue weighted by molar-refractivity contribution is 6.28. The molecule has 1 fully saturated rings. The summed E-state index contributed by atoms with van der Waals surface area (Å²) in [5, 5.41) is 14.1. The Labute approximate surface area is 197 Å². The van der Waals surface area contributed by atoms with Crippen LogP contribution < -0.4 is 5.32 Å². The van der Waals surface area contributed by atoms with Crippen LogP contribution in [0.1, 0.15) is 48.2 Å². The van der Waals surface area contributed by atoms with Gasteiger partial charge in [-0.1, -0.05) is 0 Å². The van der Waals surface area contributed by atoms with Gasteiger partial charge in [0.1, 0.15) is 5.82 Å². The van der Waals surface area contributed by atoms with Crippen LogP contribution in [0.4, 0.5) is 24.7 Å². The summed E-state index contributed by atoms with van der Waals surface area (Å²) in [5.41, 5.74) is -0.580. The Kier molecular flexibility index (Phi) is 6.63. The Balaban J connectivity index is 1.59. The fourth-order valence-corrected chi connectivity index (χ4v) is 4.33. The normalized spacial score (nSPS) is 17.4. The van der Waals surface area contributed by atoms with E-state index in [4.69, 9.17) is 16.3 Å². The van der Waals surface area contributed by atoms with Gasteiger partial charge >= 0.3 is 6.18 Å². The number of benzene rings is 1. The first kappa shape index (κ1) is 24.1. The summed E-state index contributed by atoms with van der Waals surface area (Å²) < 4.78 is 45.2. The molecule has 13 heteroatoms. The molecule has 2 aromatic rings. The minimum atomic E-state index is -4.75. The first-order valence-electron chi connectivity index (χ1n) is 10.6. The van der Waals surface area contributed by atoms with Crippen LogP contribution >= 0.6 is 11.6 Å². The van der Waals surface area contributed by atoms with Crippen molar-refractivity contribution in [1.82, 2.24) is 14.9 Å². The zero-order valence-corrected chi connectivity index (χ0v) is 18.8. The molecule has 0 unspecified atom stereocenters. The summed E-state index contributed by atoms with van der Waals surface area (Å²) in [6.45, 7) is 3.07. The van der Waals surface area contributed by atoms with E-state index in [2.05, 4.69) is 15.3 Å². The highest BCUT2D eigenvalue weighted by Gasteiger charge is 2.35. The van der Waals surface area contributed by atoms with Crippen LogP contribution in [0.25, 0.3) is 0 Å². The second-order valence-corrected chi connectivity index (χ2v) is 8.62. The number of nitrogens with zero attached hydrogens (tertiary/aromatic N) is 4. The Morgan fingerprint density at radius 2 is 1.97 bits per heavy atom.